The smallest absolute Gasteiger partial charge is 0.234 e. The van der Waals surface area contributed by atoms with E-state index < -0.39 is 0 Å². The maximum absolute atomic E-state index is 11.9. The number of amides is 1. The number of carbonyl (C=O) groups excluding carboxylic acids is 1. The van der Waals surface area contributed by atoms with Gasteiger partial charge in [-0.3, -0.25) is 9.69 Å². The molecule has 0 heterocycles. The van der Waals surface area contributed by atoms with Crippen LogP contribution < -0.4 is 5.32 Å². The third kappa shape index (κ3) is 5.79. The zero-order valence-electron chi connectivity index (χ0n) is 12.5. The van der Waals surface area contributed by atoms with E-state index in [0.717, 1.165) is 13.0 Å². The van der Waals surface area contributed by atoms with Gasteiger partial charge < -0.3 is 5.32 Å². The van der Waals surface area contributed by atoms with E-state index in [1.807, 2.05) is 48.3 Å². The average molecular weight is 282 g/mol. The Labute approximate surface area is 126 Å². The summed E-state index contributed by atoms with van der Waals surface area (Å²) in [5.41, 5.74) is 2.47. The van der Waals surface area contributed by atoms with Gasteiger partial charge in [0.15, 0.2) is 0 Å². The maximum atomic E-state index is 11.9. The molecule has 21 heavy (non-hydrogen) atoms. The Morgan fingerprint density at radius 2 is 1.52 bits per heavy atom. The van der Waals surface area contributed by atoms with Crippen LogP contribution in [0.15, 0.2) is 60.7 Å². The normalized spacial score (nSPS) is 10.6. The molecule has 0 aliphatic rings. The predicted molar refractivity (Wildman–Crippen MR) is 85.9 cm³/mol. The fourth-order valence-electron chi connectivity index (χ4n) is 2.24. The highest BCUT2D eigenvalue weighted by Gasteiger charge is 2.06. The van der Waals surface area contributed by atoms with Crippen LogP contribution in [-0.4, -0.2) is 30.9 Å². The van der Waals surface area contributed by atoms with E-state index in [4.69, 9.17) is 0 Å². The van der Waals surface area contributed by atoms with E-state index in [-0.39, 0.29) is 5.91 Å². The molecule has 1 amide bonds. The fourth-order valence-corrected chi connectivity index (χ4v) is 2.24. The minimum atomic E-state index is 0.0735. The Morgan fingerprint density at radius 1 is 0.952 bits per heavy atom. The molecule has 0 fully saturated rings. The molecule has 2 aromatic carbocycles. The largest absolute Gasteiger partial charge is 0.355 e. The molecule has 1 N–H and O–H groups in total. The van der Waals surface area contributed by atoms with Gasteiger partial charge in [-0.05, 0) is 24.6 Å². The summed E-state index contributed by atoms with van der Waals surface area (Å²) in [5, 5.41) is 2.97. The van der Waals surface area contributed by atoms with Gasteiger partial charge >= 0.3 is 0 Å². The summed E-state index contributed by atoms with van der Waals surface area (Å²) in [6.45, 7) is 1.89. The van der Waals surface area contributed by atoms with Crippen molar-refractivity contribution in [1.82, 2.24) is 10.2 Å². The molecule has 0 aromatic heterocycles. The number of hydrogen-bond acceptors (Lipinski definition) is 2. The second-order valence-electron chi connectivity index (χ2n) is 5.24. The van der Waals surface area contributed by atoms with Gasteiger partial charge in [-0.15, -0.1) is 0 Å². The zero-order chi connectivity index (χ0) is 14.9. The second-order valence-corrected chi connectivity index (χ2v) is 5.24. The summed E-state index contributed by atoms with van der Waals surface area (Å²) in [7, 11) is 1.96. The maximum Gasteiger partial charge on any atom is 0.234 e. The van der Waals surface area contributed by atoms with Crippen molar-refractivity contribution >= 4 is 5.91 Å². The van der Waals surface area contributed by atoms with Crippen molar-refractivity contribution in [3.8, 4) is 0 Å². The standard InChI is InChI=1S/C18H22N2O/c1-20(14-17-10-6-3-7-11-17)15-18(21)19-13-12-16-8-4-2-5-9-16/h2-11H,12-15H2,1H3,(H,19,21). The van der Waals surface area contributed by atoms with Crippen LogP contribution in [0.2, 0.25) is 0 Å². The Bertz CT molecular complexity index is 540. The average Bonchev–Trinajstić information content (AvgIpc) is 2.49. The molecule has 0 radical (unpaired) electrons. The number of nitrogens with zero attached hydrogens (tertiary/aromatic N) is 1. The highest BCUT2D eigenvalue weighted by molar-refractivity contribution is 5.77. The van der Waals surface area contributed by atoms with Crippen LogP contribution in [0.1, 0.15) is 11.1 Å². The molecule has 0 atom stereocenters. The summed E-state index contributed by atoms with van der Waals surface area (Å²) < 4.78 is 0. The number of benzene rings is 2. The fraction of sp³-hybridized carbons (Fsp3) is 0.278. The quantitative estimate of drug-likeness (QED) is 0.846. The van der Waals surface area contributed by atoms with Crippen LogP contribution in [0.4, 0.5) is 0 Å². The molecule has 0 spiro atoms. The molecular weight excluding hydrogens is 260 g/mol. The third-order valence-corrected chi connectivity index (χ3v) is 3.29. The van der Waals surface area contributed by atoms with E-state index in [2.05, 4.69) is 29.6 Å². The van der Waals surface area contributed by atoms with Gasteiger partial charge in [0, 0.05) is 13.1 Å². The summed E-state index contributed by atoms with van der Waals surface area (Å²) >= 11 is 0. The lowest BCUT2D eigenvalue weighted by molar-refractivity contribution is -0.122. The number of nitrogens with one attached hydrogen (secondary N) is 1. The van der Waals surface area contributed by atoms with Crippen LogP contribution in [0.3, 0.4) is 0 Å². The van der Waals surface area contributed by atoms with Crippen molar-refractivity contribution in [2.75, 3.05) is 20.1 Å². The van der Waals surface area contributed by atoms with Crippen molar-refractivity contribution in [3.63, 3.8) is 0 Å². The molecule has 0 bridgehead atoms. The minimum Gasteiger partial charge on any atom is -0.355 e. The summed E-state index contributed by atoms with van der Waals surface area (Å²) in [6, 6.07) is 20.4. The van der Waals surface area contributed by atoms with E-state index in [1.54, 1.807) is 0 Å². The first-order valence-electron chi connectivity index (χ1n) is 7.27. The SMILES string of the molecule is CN(CC(=O)NCCc1ccccc1)Cc1ccccc1. The molecule has 0 aliphatic heterocycles. The summed E-state index contributed by atoms with van der Waals surface area (Å²) in [4.78, 5) is 13.9. The first kappa shape index (κ1) is 15.3. The van der Waals surface area contributed by atoms with Crippen molar-refractivity contribution < 1.29 is 4.79 Å². The highest BCUT2D eigenvalue weighted by atomic mass is 16.2. The molecule has 0 saturated carbocycles. The van der Waals surface area contributed by atoms with Gasteiger partial charge in [0.25, 0.3) is 0 Å². The first-order valence-corrected chi connectivity index (χ1v) is 7.27. The first-order chi connectivity index (χ1) is 10.2. The van der Waals surface area contributed by atoms with Crippen molar-refractivity contribution in [3.05, 3.63) is 71.8 Å². The molecule has 3 nitrogen and oxygen atoms in total. The number of carbonyl (C=O) groups is 1. The monoisotopic (exact) mass is 282 g/mol. The summed E-state index contributed by atoms with van der Waals surface area (Å²) in [5.74, 6) is 0.0735. The summed E-state index contributed by atoms with van der Waals surface area (Å²) in [6.07, 6.45) is 0.870. The van der Waals surface area contributed by atoms with Crippen molar-refractivity contribution in [1.29, 1.82) is 0 Å². The van der Waals surface area contributed by atoms with Gasteiger partial charge in [0.2, 0.25) is 5.91 Å². The predicted octanol–water partition coefficient (Wildman–Crippen LogP) is 2.48. The lowest BCUT2D eigenvalue weighted by Gasteiger charge is -2.16. The number of likely N-dealkylation sites (N-methyl/N-ethyl adjacent to an activating group) is 1. The van der Waals surface area contributed by atoms with E-state index in [1.165, 1.54) is 11.1 Å². The van der Waals surface area contributed by atoms with Gasteiger partial charge in [0.05, 0.1) is 6.54 Å². The minimum absolute atomic E-state index is 0.0735. The molecule has 2 rings (SSSR count). The Hall–Kier alpha value is -2.13. The molecule has 3 heteroatoms. The van der Waals surface area contributed by atoms with Gasteiger partial charge in [-0.25, -0.2) is 0 Å². The van der Waals surface area contributed by atoms with Crippen LogP contribution in [0.25, 0.3) is 0 Å². The van der Waals surface area contributed by atoms with Crippen LogP contribution in [0, 0.1) is 0 Å². The highest BCUT2D eigenvalue weighted by Crippen LogP contribution is 2.02. The topological polar surface area (TPSA) is 32.3 Å². The van der Waals surface area contributed by atoms with Gasteiger partial charge in [-0.2, -0.15) is 0 Å². The molecule has 2 aromatic rings. The Balaban J connectivity index is 1.67. The van der Waals surface area contributed by atoms with Crippen molar-refractivity contribution in [2.45, 2.75) is 13.0 Å². The van der Waals surface area contributed by atoms with Crippen LogP contribution in [-0.2, 0) is 17.8 Å². The van der Waals surface area contributed by atoms with Gasteiger partial charge in [0.1, 0.15) is 0 Å². The Kier molecular flexibility index (Phi) is 5.98. The number of hydrogen-bond donors (Lipinski definition) is 1. The third-order valence-electron chi connectivity index (χ3n) is 3.29. The Morgan fingerprint density at radius 3 is 2.14 bits per heavy atom. The van der Waals surface area contributed by atoms with Crippen molar-refractivity contribution in [2.24, 2.45) is 0 Å². The van der Waals surface area contributed by atoms with Crippen LogP contribution in [0.5, 0.6) is 0 Å². The zero-order valence-corrected chi connectivity index (χ0v) is 12.5. The molecule has 110 valence electrons. The second kappa shape index (κ2) is 8.22. The molecule has 0 unspecified atom stereocenters. The van der Waals surface area contributed by atoms with E-state index >= 15 is 0 Å². The molecule has 0 saturated heterocycles. The number of rotatable bonds is 7. The van der Waals surface area contributed by atoms with E-state index in [0.29, 0.717) is 13.1 Å². The molecule has 0 aliphatic carbocycles. The van der Waals surface area contributed by atoms with Crippen LogP contribution >= 0.6 is 0 Å². The lowest BCUT2D eigenvalue weighted by atomic mass is 10.1. The van der Waals surface area contributed by atoms with E-state index in [9.17, 15) is 4.79 Å². The van der Waals surface area contributed by atoms with Gasteiger partial charge in [-0.1, -0.05) is 60.7 Å². The lowest BCUT2D eigenvalue weighted by Crippen LogP contribution is -2.35. The molecular formula is C18H22N2O.